The van der Waals surface area contributed by atoms with Gasteiger partial charge in [0, 0.05) is 12.6 Å². The standard InChI is InChI=1S/C7H11F6NO/c1-2-15-3-4(14)5(6(8,9)10)7(11,12)13/h4-5H,2-3,14H2,1H3. The van der Waals surface area contributed by atoms with Crippen LogP contribution in [-0.2, 0) is 4.74 Å². The first-order valence-electron chi connectivity index (χ1n) is 4.07. The molecule has 0 rings (SSSR count). The van der Waals surface area contributed by atoms with E-state index in [-0.39, 0.29) is 6.61 Å². The Morgan fingerprint density at radius 1 is 1.07 bits per heavy atom. The van der Waals surface area contributed by atoms with Crippen molar-refractivity contribution in [2.45, 2.75) is 25.3 Å². The largest absolute Gasteiger partial charge is 0.402 e. The second-order valence-electron chi connectivity index (χ2n) is 2.88. The Kier molecular flexibility index (Phi) is 4.85. The maximum absolute atomic E-state index is 12.0. The van der Waals surface area contributed by atoms with E-state index in [2.05, 4.69) is 4.74 Å². The van der Waals surface area contributed by atoms with Crippen molar-refractivity contribution < 1.29 is 31.1 Å². The molecule has 0 fully saturated rings. The van der Waals surface area contributed by atoms with E-state index in [0.717, 1.165) is 0 Å². The molecule has 1 atom stereocenters. The van der Waals surface area contributed by atoms with Crippen LogP contribution < -0.4 is 5.73 Å². The molecule has 2 nitrogen and oxygen atoms in total. The minimum absolute atomic E-state index is 0.0101. The fourth-order valence-electron chi connectivity index (χ4n) is 1.02. The molecule has 0 spiro atoms. The summed E-state index contributed by atoms with van der Waals surface area (Å²) in [6.45, 7) is 0.680. The van der Waals surface area contributed by atoms with Crippen molar-refractivity contribution in [3.63, 3.8) is 0 Å². The second kappa shape index (κ2) is 5.02. The Morgan fingerprint density at radius 2 is 1.47 bits per heavy atom. The number of hydrogen-bond acceptors (Lipinski definition) is 2. The summed E-state index contributed by atoms with van der Waals surface area (Å²) >= 11 is 0. The maximum Gasteiger partial charge on any atom is 0.402 e. The van der Waals surface area contributed by atoms with Crippen molar-refractivity contribution in [1.82, 2.24) is 0 Å². The molecule has 0 aromatic heterocycles. The molecule has 0 heterocycles. The predicted octanol–water partition coefficient (Wildman–Crippen LogP) is 2.09. The van der Waals surface area contributed by atoms with Gasteiger partial charge in [0.15, 0.2) is 5.92 Å². The molecule has 0 aromatic carbocycles. The summed E-state index contributed by atoms with van der Waals surface area (Å²) in [6, 6.07) is -2.13. The highest BCUT2D eigenvalue weighted by atomic mass is 19.4. The summed E-state index contributed by atoms with van der Waals surface area (Å²) in [4.78, 5) is 0. The van der Waals surface area contributed by atoms with E-state index in [0.29, 0.717) is 0 Å². The molecule has 0 aromatic rings. The van der Waals surface area contributed by atoms with E-state index in [1.807, 2.05) is 0 Å². The van der Waals surface area contributed by atoms with Gasteiger partial charge in [-0.05, 0) is 6.92 Å². The molecule has 8 heteroatoms. The molecular weight excluding hydrogens is 228 g/mol. The number of halogens is 6. The van der Waals surface area contributed by atoms with E-state index < -0.39 is 30.9 Å². The highest BCUT2D eigenvalue weighted by molar-refractivity contribution is 4.84. The molecule has 0 saturated carbocycles. The molecular formula is C7H11F6NO. The Bertz CT molecular complexity index is 175. The first kappa shape index (κ1) is 14.5. The van der Waals surface area contributed by atoms with Crippen molar-refractivity contribution in [2.24, 2.45) is 11.7 Å². The van der Waals surface area contributed by atoms with Crippen molar-refractivity contribution in [1.29, 1.82) is 0 Å². The van der Waals surface area contributed by atoms with E-state index >= 15 is 0 Å². The summed E-state index contributed by atoms with van der Waals surface area (Å²) in [7, 11) is 0. The quantitative estimate of drug-likeness (QED) is 0.762. The minimum Gasteiger partial charge on any atom is -0.380 e. The van der Waals surface area contributed by atoms with E-state index in [1.165, 1.54) is 6.92 Å². The van der Waals surface area contributed by atoms with Gasteiger partial charge in [-0.3, -0.25) is 0 Å². The van der Waals surface area contributed by atoms with Crippen LogP contribution in [0.4, 0.5) is 26.3 Å². The van der Waals surface area contributed by atoms with E-state index in [9.17, 15) is 26.3 Å². The Morgan fingerprint density at radius 3 is 1.73 bits per heavy atom. The lowest BCUT2D eigenvalue weighted by Gasteiger charge is -2.27. The lowest BCUT2D eigenvalue weighted by molar-refractivity contribution is -0.291. The molecule has 0 aliphatic carbocycles. The van der Waals surface area contributed by atoms with Crippen LogP contribution in [0.25, 0.3) is 0 Å². The van der Waals surface area contributed by atoms with E-state index in [1.54, 1.807) is 0 Å². The van der Waals surface area contributed by atoms with Gasteiger partial charge >= 0.3 is 12.4 Å². The Labute approximate surface area is 82.4 Å². The molecule has 0 amide bonds. The van der Waals surface area contributed by atoms with Crippen LogP contribution >= 0.6 is 0 Å². The monoisotopic (exact) mass is 239 g/mol. The van der Waals surface area contributed by atoms with Crippen LogP contribution in [0.3, 0.4) is 0 Å². The van der Waals surface area contributed by atoms with Gasteiger partial charge in [-0.15, -0.1) is 0 Å². The van der Waals surface area contributed by atoms with Crippen LogP contribution in [0.5, 0.6) is 0 Å². The van der Waals surface area contributed by atoms with Gasteiger partial charge in [0.25, 0.3) is 0 Å². The molecule has 92 valence electrons. The van der Waals surface area contributed by atoms with Crippen molar-refractivity contribution in [3.05, 3.63) is 0 Å². The maximum atomic E-state index is 12.0. The normalized spacial score (nSPS) is 15.8. The van der Waals surface area contributed by atoms with Crippen LogP contribution in [-0.4, -0.2) is 31.6 Å². The zero-order valence-corrected chi connectivity index (χ0v) is 7.82. The molecule has 0 saturated heterocycles. The number of nitrogens with two attached hydrogens (primary N) is 1. The summed E-state index contributed by atoms with van der Waals surface area (Å²) in [6.07, 6.45) is -10.8. The predicted molar refractivity (Wildman–Crippen MR) is 40.1 cm³/mol. The topological polar surface area (TPSA) is 35.2 Å². The minimum atomic E-state index is -5.41. The number of hydrogen-bond donors (Lipinski definition) is 1. The molecule has 0 aliphatic heterocycles. The van der Waals surface area contributed by atoms with Gasteiger partial charge in [0.05, 0.1) is 6.61 Å². The van der Waals surface area contributed by atoms with Gasteiger partial charge in [-0.25, -0.2) is 0 Å². The van der Waals surface area contributed by atoms with Crippen molar-refractivity contribution >= 4 is 0 Å². The van der Waals surface area contributed by atoms with Gasteiger partial charge in [0.2, 0.25) is 0 Å². The first-order chi connectivity index (χ1) is 6.60. The van der Waals surface area contributed by atoms with Crippen LogP contribution in [0.1, 0.15) is 6.92 Å². The van der Waals surface area contributed by atoms with Crippen LogP contribution in [0, 0.1) is 5.92 Å². The van der Waals surface area contributed by atoms with Gasteiger partial charge in [-0.1, -0.05) is 0 Å². The highest BCUT2D eigenvalue weighted by Gasteiger charge is 2.59. The zero-order valence-electron chi connectivity index (χ0n) is 7.82. The Hall–Kier alpha value is -0.500. The Balaban J connectivity index is 4.65. The fraction of sp³-hybridized carbons (Fsp3) is 1.00. The van der Waals surface area contributed by atoms with Crippen molar-refractivity contribution in [2.75, 3.05) is 13.2 Å². The molecule has 0 radical (unpaired) electrons. The third-order valence-corrected chi connectivity index (χ3v) is 1.65. The lowest BCUT2D eigenvalue weighted by atomic mass is 10.00. The SMILES string of the molecule is CCOCC(N)C(C(F)(F)F)C(F)(F)F. The lowest BCUT2D eigenvalue weighted by Crippen LogP contribution is -2.50. The summed E-state index contributed by atoms with van der Waals surface area (Å²) in [5.74, 6) is -3.54. The number of ether oxygens (including phenoxy) is 1. The summed E-state index contributed by atoms with van der Waals surface area (Å²) < 4.78 is 76.7. The van der Waals surface area contributed by atoms with Crippen molar-refractivity contribution in [3.8, 4) is 0 Å². The summed E-state index contributed by atoms with van der Waals surface area (Å²) in [5.41, 5.74) is 4.81. The molecule has 2 N–H and O–H groups in total. The smallest absolute Gasteiger partial charge is 0.380 e. The summed E-state index contributed by atoms with van der Waals surface area (Å²) in [5, 5.41) is 0. The van der Waals surface area contributed by atoms with Gasteiger partial charge < -0.3 is 10.5 Å². The second-order valence-corrected chi connectivity index (χ2v) is 2.88. The third-order valence-electron chi connectivity index (χ3n) is 1.65. The van der Waals surface area contributed by atoms with Crippen LogP contribution in [0.2, 0.25) is 0 Å². The van der Waals surface area contributed by atoms with Gasteiger partial charge in [0.1, 0.15) is 0 Å². The highest BCUT2D eigenvalue weighted by Crippen LogP contribution is 2.40. The molecule has 0 bridgehead atoms. The molecule has 15 heavy (non-hydrogen) atoms. The molecule has 1 unspecified atom stereocenters. The zero-order chi connectivity index (χ0) is 12.3. The average molecular weight is 239 g/mol. The number of alkyl halides is 6. The molecule has 0 aliphatic rings. The fourth-order valence-corrected chi connectivity index (χ4v) is 1.02. The number of rotatable bonds is 4. The van der Waals surface area contributed by atoms with Crippen LogP contribution in [0.15, 0.2) is 0 Å². The third kappa shape index (κ3) is 4.70. The van der Waals surface area contributed by atoms with E-state index in [4.69, 9.17) is 5.73 Å². The first-order valence-corrected chi connectivity index (χ1v) is 4.07. The van der Waals surface area contributed by atoms with Gasteiger partial charge in [-0.2, -0.15) is 26.3 Å². The average Bonchev–Trinajstić information content (AvgIpc) is 1.94.